The molecule has 2 atom stereocenters. The number of aromatic amines is 1. The van der Waals surface area contributed by atoms with Gasteiger partial charge in [0.2, 0.25) is 17.4 Å². The van der Waals surface area contributed by atoms with E-state index >= 15 is 0 Å². The van der Waals surface area contributed by atoms with Gasteiger partial charge in [0.1, 0.15) is 35.7 Å². The lowest BCUT2D eigenvalue weighted by Crippen LogP contribution is -2.54. The summed E-state index contributed by atoms with van der Waals surface area (Å²) in [5.41, 5.74) is -0.770. The van der Waals surface area contributed by atoms with Gasteiger partial charge in [0.15, 0.2) is 0 Å². The molecule has 0 spiro atoms. The van der Waals surface area contributed by atoms with Crippen molar-refractivity contribution in [3.05, 3.63) is 94.7 Å². The number of aliphatic hydroxyl groups is 1. The Kier molecular flexibility index (Phi) is 14.9. The molecule has 65 heavy (non-hydrogen) atoms. The molecule has 4 heterocycles. The van der Waals surface area contributed by atoms with E-state index in [0.29, 0.717) is 49.1 Å². The largest absolute Gasteiger partial charge is 0.490 e. The molecule has 21 heteroatoms. The molecular formula is C44H46F2N6O13. The number of nitrogens with one attached hydrogen (secondary N) is 4. The predicted molar refractivity (Wildman–Crippen MR) is 223 cm³/mol. The van der Waals surface area contributed by atoms with Gasteiger partial charge in [-0.2, -0.15) is 0 Å². The highest BCUT2D eigenvalue weighted by molar-refractivity contribution is 6.24. The van der Waals surface area contributed by atoms with Gasteiger partial charge in [-0.15, -0.1) is 0 Å². The van der Waals surface area contributed by atoms with Gasteiger partial charge in [-0.05, 0) is 60.5 Å². The van der Waals surface area contributed by atoms with E-state index in [0.717, 1.165) is 17.0 Å². The number of halogens is 2. The second kappa shape index (κ2) is 20.9. The van der Waals surface area contributed by atoms with Crippen LogP contribution in [0.2, 0.25) is 0 Å². The van der Waals surface area contributed by atoms with Gasteiger partial charge in [-0.25, -0.2) is 8.78 Å². The van der Waals surface area contributed by atoms with Crippen molar-refractivity contribution < 1.29 is 71.1 Å². The number of carbonyl (C=O) groups excluding carboxylic acids is 7. The van der Waals surface area contributed by atoms with Gasteiger partial charge in [-0.3, -0.25) is 43.8 Å². The Morgan fingerprint density at radius 1 is 0.800 bits per heavy atom. The number of nitrogens with zero attached hydrogens (tertiary/aromatic N) is 2. The fraction of sp³-hybridized carbons (Fsp3) is 0.386. The molecule has 3 aliphatic heterocycles. The normalized spacial score (nSPS) is 18.4. The minimum Gasteiger partial charge on any atom is -0.490 e. The van der Waals surface area contributed by atoms with Crippen LogP contribution in [-0.2, 0) is 44.7 Å². The van der Waals surface area contributed by atoms with Crippen molar-refractivity contribution in [2.45, 2.75) is 37.5 Å². The van der Waals surface area contributed by atoms with Crippen LogP contribution in [-0.4, -0.2) is 141 Å². The van der Waals surface area contributed by atoms with Crippen molar-refractivity contribution in [2.75, 3.05) is 77.5 Å². The summed E-state index contributed by atoms with van der Waals surface area (Å²) in [6.45, 7) is 2.23. The van der Waals surface area contributed by atoms with Gasteiger partial charge in [0, 0.05) is 55.1 Å². The quantitative estimate of drug-likeness (QED) is 0.0427. The van der Waals surface area contributed by atoms with Crippen LogP contribution in [0.5, 0.6) is 5.75 Å². The highest BCUT2D eigenvalue weighted by Gasteiger charge is 2.52. The zero-order chi connectivity index (χ0) is 46.1. The molecule has 3 aromatic carbocycles. The molecule has 5 N–H and O–H groups in total. The van der Waals surface area contributed by atoms with Crippen LogP contribution in [0, 0.1) is 11.6 Å². The highest BCUT2D eigenvalue weighted by atomic mass is 19.1. The SMILES string of the molecule is O=C1CCC(N2C(=O)c3cccc(OCCOCCOCCOCCOCCNC(=O)c4cc5cc(N6CC[C@](O)(C(=O)NCc7cc(F)cc(F)c7)C6=O)ccc5[nH]4)c3C2=O)C(=O)N1. The molecule has 19 nitrogen and oxygen atoms in total. The highest BCUT2D eigenvalue weighted by Crippen LogP contribution is 2.34. The third kappa shape index (κ3) is 10.8. The molecule has 2 fully saturated rings. The van der Waals surface area contributed by atoms with Crippen molar-refractivity contribution >= 4 is 57.9 Å². The molecular weight excluding hydrogens is 859 g/mol. The second-order valence-corrected chi connectivity index (χ2v) is 15.2. The maximum atomic E-state index is 13.5. The van der Waals surface area contributed by atoms with Crippen molar-refractivity contribution in [1.82, 2.24) is 25.8 Å². The molecule has 0 saturated carbocycles. The molecule has 7 rings (SSSR count). The van der Waals surface area contributed by atoms with E-state index in [1.54, 1.807) is 36.4 Å². The standard InChI is InChI=1S/C44H46F2N6O13/c45-28-20-26(21-29(46)24-28)25-48-42(58)44(60)8-10-51(43(44)59)30-4-5-32-27(22-30)23-33(49-32)38(54)47-9-11-61-12-13-62-14-15-63-16-17-64-18-19-65-35-3-1-2-31-37(35)41(57)52(40(31)56)34-6-7-36(53)50-39(34)55/h1-5,20-24,34,49,60H,6-19,25H2,(H,47,54)(H,48,58)(H,50,53,55)/t34?,44-/m0/s1. The van der Waals surface area contributed by atoms with Crippen LogP contribution in [0.1, 0.15) is 56.0 Å². The first-order valence-corrected chi connectivity index (χ1v) is 20.8. The number of hydrogen-bond acceptors (Lipinski definition) is 13. The maximum Gasteiger partial charge on any atom is 0.268 e. The Morgan fingerprint density at radius 2 is 1.48 bits per heavy atom. The Hall–Kier alpha value is -6.65. The smallest absolute Gasteiger partial charge is 0.268 e. The van der Waals surface area contributed by atoms with Crippen LogP contribution < -0.4 is 25.6 Å². The number of imide groups is 2. The van der Waals surface area contributed by atoms with Crippen molar-refractivity contribution in [1.29, 1.82) is 0 Å². The predicted octanol–water partition coefficient (Wildman–Crippen LogP) is 1.51. The summed E-state index contributed by atoms with van der Waals surface area (Å²) in [4.78, 5) is 94.0. The third-order valence-electron chi connectivity index (χ3n) is 10.8. The molecule has 1 unspecified atom stereocenters. The van der Waals surface area contributed by atoms with E-state index in [1.807, 2.05) is 0 Å². The lowest BCUT2D eigenvalue weighted by atomic mass is 10.0. The number of rotatable bonds is 22. The minimum atomic E-state index is -2.37. The van der Waals surface area contributed by atoms with Crippen molar-refractivity contribution in [2.24, 2.45) is 0 Å². The summed E-state index contributed by atoms with van der Waals surface area (Å²) in [6, 6.07) is 12.9. The Bertz CT molecular complexity index is 2460. The summed E-state index contributed by atoms with van der Waals surface area (Å²) in [6.07, 6.45) is -0.126. The molecule has 0 bridgehead atoms. The third-order valence-corrected chi connectivity index (χ3v) is 10.8. The van der Waals surface area contributed by atoms with Gasteiger partial charge >= 0.3 is 0 Å². The van der Waals surface area contributed by atoms with Gasteiger partial charge in [-0.1, -0.05) is 6.07 Å². The lowest BCUT2D eigenvalue weighted by Gasteiger charge is -2.27. The molecule has 2 saturated heterocycles. The van der Waals surface area contributed by atoms with Crippen LogP contribution >= 0.6 is 0 Å². The second-order valence-electron chi connectivity index (χ2n) is 15.2. The summed E-state index contributed by atoms with van der Waals surface area (Å²) < 4.78 is 54.9. The maximum absolute atomic E-state index is 13.5. The van der Waals surface area contributed by atoms with E-state index in [-0.39, 0.29) is 106 Å². The number of aromatic nitrogens is 1. The summed E-state index contributed by atoms with van der Waals surface area (Å²) in [7, 11) is 0. The number of fused-ring (bicyclic) bond motifs is 2. The topological polar surface area (TPSA) is 244 Å². The zero-order valence-electron chi connectivity index (χ0n) is 35.0. The first kappa shape index (κ1) is 46.3. The molecule has 0 radical (unpaired) electrons. The van der Waals surface area contributed by atoms with Gasteiger partial charge in [0.25, 0.3) is 29.5 Å². The number of ether oxygens (including phenoxy) is 5. The van der Waals surface area contributed by atoms with Crippen LogP contribution in [0.15, 0.2) is 60.7 Å². The van der Waals surface area contributed by atoms with Crippen LogP contribution in [0.4, 0.5) is 14.5 Å². The van der Waals surface area contributed by atoms with E-state index in [2.05, 4.69) is 20.9 Å². The number of benzene rings is 3. The molecule has 7 amide bonds. The Balaban J connectivity index is 0.717. The Labute approximate surface area is 369 Å². The van der Waals surface area contributed by atoms with E-state index < -0.39 is 58.7 Å². The summed E-state index contributed by atoms with van der Waals surface area (Å²) in [5, 5.41) is 18.9. The fourth-order valence-electron chi connectivity index (χ4n) is 7.52. The fourth-order valence-corrected chi connectivity index (χ4v) is 7.52. The van der Waals surface area contributed by atoms with Crippen molar-refractivity contribution in [3.8, 4) is 5.75 Å². The number of amides is 7. The number of hydrogen-bond donors (Lipinski definition) is 5. The average Bonchev–Trinajstić information content (AvgIpc) is 3.93. The van der Waals surface area contributed by atoms with Crippen LogP contribution in [0.25, 0.3) is 10.9 Å². The number of piperidine rings is 1. The van der Waals surface area contributed by atoms with Crippen molar-refractivity contribution in [3.63, 3.8) is 0 Å². The van der Waals surface area contributed by atoms with E-state index in [4.69, 9.17) is 23.7 Å². The summed E-state index contributed by atoms with van der Waals surface area (Å²) in [5.74, 6) is -6.09. The first-order chi connectivity index (χ1) is 31.3. The Morgan fingerprint density at radius 3 is 2.17 bits per heavy atom. The molecule has 1 aromatic heterocycles. The van der Waals surface area contributed by atoms with Crippen LogP contribution in [0.3, 0.4) is 0 Å². The number of H-pyrrole nitrogens is 1. The van der Waals surface area contributed by atoms with E-state index in [1.165, 1.54) is 11.0 Å². The molecule has 0 aliphatic carbocycles. The number of carbonyl (C=O) groups is 7. The monoisotopic (exact) mass is 904 g/mol. The average molecular weight is 905 g/mol. The molecule has 3 aliphatic rings. The first-order valence-electron chi connectivity index (χ1n) is 20.8. The van der Waals surface area contributed by atoms with Gasteiger partial charge in [0.05, 0.1) is 64.0 Å². The molecule has 4 aromatic rings. The lowest BCUT2D eigenvalue weighted by molar-refractivity contribution is -0.149. The number of anilines is 1. The van der Waals surface area contributed by atoms with Gasteiger partial charge < -0.3 is 49.3 Å². The minimum absolute atomic E-state index is 0.0240. The van der Waals surface area contributed by atoms with E-state index in [9.17, 15) is 47.4 Å². The molecule has 344 valence electrons. The summed E-state index contributed by atoms with van der Waals surface area (Å²) >= 11 is 0. The zero-order valence-corrected chi connectivity index (χ0v) is 35.0.